The Hall–Kier alpha value is -1.54. The summed E-state index contributed by atoms with van der Waals surface area (Å²) in [5.74, 6) is 0. The lowest BCUT2D eigenvalue weighted by molar-refractivity contribution is 0.360. The molecule has 2 nitrogen and oxygen atoms in total. The number of piperidine rings is 1. The fourth-order valence-electron chi connectivity index (χ4n) is 2.91. The molecule has 1 aromatic carbocycles. The van der Waals surface area contributed by atoms with Crippen molar-refractivity contribution in [3.63, 3.8) is 0 Å². The quantitative estimate of drug-likeness (QED) is 0.777. The molecule has 1 fully saturated rings. The summed E-state index contributed by atoms with van der Waals surface area (Å²) < 4.78 is 2.34. The molecule has 0 amide bonds. The molecular weight excluding hydrogens is 208 g/mol. The Bertz CT molecular complexity index is 586. The minimum atomic E-state index is 0.559. The third-order valence-corrected chi connectivity index (χ3v) is 3.80. The molecule has 0 atom stereocenters. The molecule has 1 aromatic heterocycles. The smallest absolute Gasteiger partial charge is 0.0420 e. The van der Waals surface area contributed by atoms with Crippen molar-refractivity contribution in [1.29, 1.82) is 0 Å². The molecule has 0 radical (unpaired) electrons. The van der Waals surface area contributed by atoms with Crippen LogP contribution < -0.4 is 16.0 Å². The number of fused-ring (bicyclic) bond motifs is 1. The van der Waals surface area contributed by atoms with Crippen LogP contribution in [0.25, 0.3) is 23.9 Å². The van der Waals surface area contributed by atoms with E-state index in [1.165, 1.54) is 23.6 Å². The van der Waals surface area contributed by atoms with Crippen molar-refractivity contribution in [2.75, 3.05) is 13.1 Å². The molecule has 88 valence electrons. The maximum absolute atomic E-state index is 4.25. The molecule has 0 saturated carbocycles. The summed E-state index contributed by atoms with van der Waals surface area (Å²) in [6.07, 6.45) is 2.35. The highest BCUT2D eigenvalue weighted by atomic mass is 15.0. The summed E-state index contributed by atoms with van der Waals surface area (Å²) >= 11 is 0. The molecule has 1 aliphatic rings. The molecule has 0 spiro atoms. The first kappa shape index (κ1) is 10.6. The number of rotatable bonds is 1. The number of benzene rings is 1. The summed E-state index contributed by atoms with van der Waals surface area (Å²) in [4.78, 5) is 0. The van der Waals surface area contributed by atoms with Crippen molar-refractivity contribution < 1.29 is 0 Å². The zero-order valence-corrected chi connectivity index (χ0v) is 10.1. The third kappa shape index (κ3) is 1.60. The molecule has 17 heavy (non-hydrogen) atoms. The molecule has 2 heteroatoms. The molecule has 2 heterocycles. The van der Waals surface area contributed by atoms with Crippen molar-refractivity contribution in [2.24, 2.45) is 0 Å². The number of aromatic nitrogens is 1. The van der Waals surface area contributed by atoms with Crippen molar-refractivity contribution in [2.45, 2.75) is 18.9 Å². The van der Waals surface area contributed by atoms with Crippen LogP contribution in [0.15, 0.2) is 24.3 Å². The third-order valence-electron chi connectivity index (χ3n) is 3.80. The predicted octanol–water partition coefficient (Wildman–Crippen LogP) is 1.39. The van der Waals surface area contributed by atoms with Crippen LogP contribution >= 0.6 is 0 Å². The zero-order valence-electron chi connectivity index (χ0n) is 10.1. The average molecular weight is 226 g/mol. The van der Waals surface area contributed by atoms with E-state index in [1.54, 1.807) is 0 Å². The maximum Gasteiger partial charge on any atom is 0.0420 e. The van der Waals surface area contributed by atoms with E-state index < -0.39 is 0 Å². The van der Waals surface area contributed by atoms with Gasteiger partial charge in [-0.05, 0) is 25.9 Å². The molecule has 2 aromatic rings. The van der Waals surface area contributed by atoms with Gasteiger partial charge in [-0.1, -0.05) is 37.4 Å². The second-order valence-corrected chi connectivity index (χ2v) is 4.79. The largest absolute Gasteiger partial charge is 0.338 e. The Morgan fingerprint density at radius 3 is 2.06 bits per heavy atom. The van der Waals surface area contributed by atoms with Gasteiger partial charge >= 0.3 is 0 Å². The minimum absolute atomic E-state index is 0.559. The Kier molecular flexibility index (Phi) is 2.52. The predicted molar refractivity (Wildman–Crippen MR) is 73.4 cm³/mol. The van der Waals surface area contributed by atoms with Gasteiger partial charge in [-0.2, -0.15) is 0 Å². The van der Waals surface area contributed by atoms with E-state index in [-0.39, 0.29) is 0 Å². The number of hydrogen-bond donors (Lipinski definition) is 1. The molecular formula is C15H18N2. The first-order chi connectivity index (χ1) is 8.29. The van der Waals surface area contributed by atoms with Crippen LogP contribution in [0, 0.1) is 0 Å². The highest BCUT2D eigenvalue weighted by Crippen LogP contribution is 2.16. The molecule has 0 bridgehead atoms. The number of nitrogens with one attached hydrogen (secondary N) is 1. The van der Waals surface area contributed by atoms with E-state index in [1.807, 2.05) is 0 Å². The molecule has 1 aliphatic heterocycles. The van der Waals surface area contributed by atoms with Crippen molar-refractivity contribution in [1.82, 2.24) is 9.88 Å². The first-order valence-electron chi connectivity index (χ1n) is 6.26. The van der Waals surface area contributed by atoms with Gasteiger partial charge in [-0.3, -0.25) is 0 Å². The molecule has 1 N–H and O–H groups in total. The molecule has 3 rings (SSSR count). The van der Waals surface area contributed by atoms with Crippen molar-refractivity contribution in [3.8, 4) is 0 Å². The standard InChI is InChI=1S/C15H18N2/c1-11-14-5-3-4-6-15(14)12(2)17(11)13-7-9-16-10-8-13/h3-6,13,16H,1-2,7-10H2. The van der Waals surface area contributed by atoms with E-state index in [2.05, 4.69) is 47.3 Å². The summed E-state index contributed by atoms with van der Waals surface area (Å²) in [5, 5.41) is 8.14. The highest BCUT2D eigenvalue weighted by Gasteiger charge is 2.17. The average Bonchev–Trinajstić information content (AvgIpc) is 2.64. The topological polar surface area (TPSA) is 17.0 Å². The molecule has 0 unspecified atom stereocenters. The fraction of sp³-hybridized carbons (Fsp3) is 0.333. The maximum atomic E-state index is 4.25. The van der Waals surface area contributed by atoms with E-state index in [4.69, 9.17) is 0 Å². The Morgan fingerprint density at radius 1 is 1.00 bits per heavy atom. The van der Waals surface area contributed by atoms with Crippen LogP contribution in [-0.4, -0.2) is 17.7 Å². The van der Waals surface area contributed by atoms with E-state index >= 15 is 0 Å². The normalized spacial score (nSPS) is 17.6. The van der Waals surface area contributed by atoms with E-state index in [9.17, 15) is 0 Å². The molecule has 0 aliphatic carbocycles. The molecule has 1 saturated heterocycles. The van der Waals surface area contributed by atoms with E-state index in [0.29, 0.717) is 6.04 Å². The fourth-order valence-corrected chi connectivity index (χ4v) is 2.91. The lowest BCUT2D eigenvalue weighted by atomic mass is 10.1. The lowest BCUT2D eigenvalue weighted by Crippen LogP contribution is -2.37. The number of hydrogen-bond acceptors (Lipinski definition) is 1. The Morgan fingerprint density at radius 2 is 1.53 bits per heavy atom. The van der Waals surface area contributed by atoms with Gasteiger partial charge in [0.2, 0.25) is 0 Å². The van der Waals surface area contributed by atoms with Crippen molar-refractivity contribution >= 4 is 23.9 Å². The van der Waals surface area contributed by atoms with Crippen molar-refractivity contribution in [3.05, 3.63) is 35.0 Å². The summed E-state index contributed by atoms with van der Waals surface area (Å²) in [6, 6.07) is 8.99. The van der Waals surface area contributed by atoms with E-state index in [0.717, 1.165) is 23.8 Å². The lowest BCUT2D eigenvalue weighted by Gasteiger charge is -2.25. The van der Waals surface area contributed by atoms with Gasteiger partial charge in [-0.25, -0.2) is 0 Å². The summed E-state index contributed by atoms with van der Waals surface area (Å²) in [5.41, 5.74) is 0. The summed E-state index contributed by atoms with van der Waals surface area (Å²) in [6.45, 7) is 10.7. The Balaban J connectivity index is 2.22. The minimum Gasteiger partial charge on any atom is -0.338 e. The van der Waals surface area contributed by atoms with Crippen LogP contribution in [0.5, 0.6) is 0 Å². The van der Waals surface area contributed by atoms with Crippen LogP contribution in [0.1, 0.15) is 18.9 Å². The van der Waals surface area contributed by atoms with Gasteiger partial charge in [0.15, 0.2) is 0 Å². The van der Waals surface area contributed by atoms with Gasteiger partial charge < -0.3 is 9.88 Å². The van der Waals surface area contributed by atoms with Gasteiger partial charge in [0.05, 0.1) is 0 Å². The van der Waals surface area contributed by atoms with Crippen LogP contribution in [0.3, 0.4) is 0 Å². The Labute approximate surface area is 101 Å². The first-order valence-corrected chi connectivity index (χ1v) is 6.26. The highest BCUT2D eigenvalue weighted by molar-refractivity contribution is 5.83. The second kappa shape index (κ2) is 4.04. The SMILES string of the molecule is C=c1c2ccccc2c(=C)n1C1CCNCC1. The van der Waals surface area contributed by atoms with Gasteiger partial charge in [0.1, 0.15) is 0 Å². The van der Waals surface area contributed by atoms with Crippen LogP contribution in [-0.2, 0) is 0 Å². The van der Waals surface area contributed by atoms with Gasteiger partial charge in [-0.15, -0.1) is 0 Å². The monoisotopic (exact) mass is 226 g/mol. The van der Waals surface area contributed by atoms with Crippen LogP contribution in [0.2, 0.25) is 0 Å². The van der Waals surface area contributed by atoms with Gasteiger partial charge in [0.25, 0.3) is 0 Å². The number of nitrogens with zero attached hydrogens (tertiary/aromatic N) is 1. The van der Waals surface area contributed by atoms with Crippen LogP contribution in [0.4, 0.5) is 0 Å². The van der Waals surface area contributed by atoms with Gasteiger partial charge in [0, 0.05) is 27.5 Å². The second-order valence-electron chi connectivity index (χ2n) is 4.79. The summed E-state index contributed by atoms with van der Waals surface area (Å²) in [7, 11) is 0. The zero-order chi connectivity index (χ0) is 11.8.